The molecule has 2 aromatic heterocycles. The molecule has 0 radical (unpaired) electrons. The Balaban J connectivity index is 1.43. The number of nitrogens with zero attached hydrogens (tertiary/aromatic N) is 5. The first-order chi connectivity index (χ1) is 14.9. The summed E-state index contributed by atoms with van der Waals surface area (Å²) in [7, 11) is -3.48. The number of aromatic nitrogens is 3. The number of sulfone groups is 1. The van der Waals surface area contributed by atoms with E-state index in [9.17, 15) is 13.2 Å². The van der Waals surface area contributed by atoms with Gasteiger partial charge < -0.3 is 14.3 Å². The van der Waals surface area contributed by atoms with Crippen molar-refractivity contribution in [2.45, 2.75) is 18.2 Å². The van der Waals surface area contributed by atoms with E-state index in [0.717, 1.165) is 17.6 Å². The van der Waals surface area contributed by atoms with Crippen molar-refractivity contribution >= 4 is 21.6 Å². The van der Waals surface area contributed by atoms with Crippen molar-refractivity contribution in [3.05, 3.63) is 54.0 Å². The summed E-state index contributed by atoms with van der Waals surface area (Å²) in [6.45, 7) is 4.10. The quantitative estimate of drug-likeness (QED) is 0.592. The maximum atomic E-state index is 12.9. The number of carbonyl (C=O) groups is 1. The number of piperazine rings is 1. The summed E-state index contributed by atoms with van der Waals surface area (Å²) in [4.78, 5) is 25.6. The van der Waals surface area contributed by atoms with Gasteiger partial charge in [-0.3, -0.25) is 4.79 Å². The molecule has 3 aromatic rings. The second-order valence-electron chi connectivity index (χ2n) is 7.32. The lowest BCUT2D eigenvalue weighted by Gasteiger charge is -2.35. The number of pyridine rings is 1. The Morgan fingerprint density at radius 3 is 2.45 bits per heavy atom. The molecule has 0 aliphatic carbocycles. The number of hydrogen-bond donors (Lipinski definition) is 0. The van der Waals surface area contributed by atoms with Crippen LogP contribution < -0.4 is 4.90 Å². The van der Waals surface area contributed by atoms with Gasteiger partial charge in [-0.2, -0.15) is 4.98 Å². The highest BCUT2D eigenvalue weighted by Crippen LogP contribution is 2.22. The average molecular weight is 442 g/mol. The van der Waals surface area contributed by atoms with Crippen LogP contribution in [-0.4, -0.2) is 66.8 Å². The SMILES string of the molecule is CCc1nc(-c2ccc(N3CCN(C(=O)c4ccccc4S(C)(=O)=O)CC3)nc2)no1. The molecule has 162 valence electrons. The van der Waals surface area contributed by atoms with Crippen molar-refractivity contribution < 1.29 is 17.7 Å². The third-order valence-electron chi connectivity index (χ3n) is 5.18. The maximum absolute atomic E-state index is 12.9. The Labute approximate surface area is 180 Å². The predicted molar refractivity (Wildman–Crippen MR) is 115 cm³/mol. The van der Waals surface area contributed by atoms with Crippen molar-refractivity contribution in [2.75, 3.05) is 37.3 Å². The molecule has 1 amide bonds. The number of carbonyl (C=O) groups excluding carboxylic acids is 1. The summed E-state index contributed by atoms with van der Waals surface area (Å²) in [5.41, 5.74) is 0.992. The number of benzene rings is 1. The lowest BCUT2D eigenvalue weighted by molar-refractivity contribution is 0.0742. The minimum atomic E-state index is -3.48. The normalized spacial score (nSPS) is 14.6. The van der Waals surface area contributed by atoms with Gasteiger partial charge in [0.15, 0.2) is 9.84 Å². The first-order valence-electron chi connectivity index (χ1n) is 9.99. The standard InChI is InChI=1S/C21H23N5O4S/c1-3-19-23-20(24-30-19)15-8-9-18(22-14-15)25-10-12-26(13-11-25)21(27)16-6-4-5-7-17(16)31(2,28)29/h4-9,14H,3,10-13H2,1-2H3. The summed E-state index contributed by atoms with van der Waals surface area (Å²) in [6.07, 6.45) is 3.50. The molecule has 9 nitrogen and oxygen atoms in total. The number of hydrogen-bond acceptors (Lipinski definition) is 8. The van der Waals surface area contributed by atoms with Gasteiger partial charge in [-0.05, 0) is 24.3 Å². The van der Waals surface area contributed by atoms with Gasteiger partial charge in [-0.1, -0.05) is 24.2 Å². The van der Waals surface area contributed by atoms with Gasteiger partial charge in [0.05, 0.1) is 10.5 Å². The predicted octanol–water partition coefficient (Wildman–Crippen LogP) is 2.06. The highest BCUT2D eigenvalue weighted by molar-refractivity contribution is 7.90. The molecule has 0 saturated carbocycles. The highest BCUT2D eigenvalue weighted by Gasteiger charge is 2.26. The molecule has 1 aliphatic rings. The smallest absolute Gasteiger partial charge is 0.255 e. The van der Waals surface area contributed by atoms with Gasteiger partial charge in [0.1, 0.15) is 5.82 Å². The minimum Gasteiger partial charge on any atom is -0.353 e. The van der Waals surface area contributed by atoms with Crippen LogP contribution in [0.2, 0.25) is 0 Å². The summed E-state index contributed by atoms with van der Waals surface area (Å²) >= 11 is 0. The fraction of sp³-hybridized carbons (Fsp3) is 0.333. The van der Waals surface area contributed by atoms with Crippen molar-refractivity contribution in [2.24, 2.45) is 0 Å². The van der Waals surface area contributed by atoms with E-state index in [2.05, 4.69) is 20.0 Å². The van der Waals surface area contributed by atoms with E-state index in [-0.39, 0.29) is 16.4 Å². The van der Waals surface area contributed by atoms with Crippen LogP contribution in [0.4, 0.5) is 5.82 Å². The van der Waals surface area contributed by atoms with Gasteiger partial charge in [0, 0.05) is 50.6 Å². The molecular weight excluding hydrogens is 418 g/mol. The van der Waals surface area contributed by atoms with Gasteiger partial charge >= 0.3 is 0 Å². The van der Waals surface area contributed by atoms with Gasteiger partial charge in [-0.15, -0.1) is 0 Å². The number of anilines is 1. The fourth-order valence-electron chi connectivity index (χ4n) is 3.50. The summed E-state index contributed by atoms with van der Waals surface area (Å²) < 4.78 is 29.2. The molecule has 4 rings (SSSR count). The van der Waals surface area contributed by atoms with Crippen molar-refractivity contribution in [3.63, 3.8) is 0 Å². The average Bonchev–Trinajstić information content (AvgIpc) is 3.28. The zero-order valence-corrected chi connectivity index (χ0v) is 18.2. The largest absolute Gasteiger partial charge is 0.353 e. The van der Waals surface area contributed by atoms with E-state index < -0.39 is 9.84 Å². The van der Waals surface area contributed by atoms with Crippen molar-refractivity contribution in [1.29, 1.82) is 0 Å². The lowest BCUT2D eigenvalue weighted by atomic mass is 10.1. The second kappa shape index (κ2) is 8.46. The zero-order valence-electron chi connectivity index (χ0n) is 17.4. The minimum absolute atomic E-state index is 0.0624. The van der Waals surface area contributed by atoms with Crippen LogP contribution >= 0.6 is 0 Å². The van der Waals surface area contributed by atoms with Crippen LogP contribution in [0.1, 0.15) is 23.2 Å². The molecule has 0 bridgehead atoms. The lowest BCUT2D eigenvalue weighted by Crippen LogP contribution is -2.49. The van der Waals surface area contributed by atoms with Crippen LogP contribution in [0.15, 0.2) is 52.0 Å². The number of aryl methyl sites for hydroxylation is 1. The van der Waals surface area contributed by atoms with E-state index in [0.29, 0.717) is 44.3 Å². The monoisotopic (exact) mass is 441 g/mol. The molecule has 10 heteroatoms. The maximum Gasteiger partial charge on any atom is 0.255 e. The first-order valence-corrected chi connectivity index (χ1v) is 11.9. The summed E-state index contributed by atoms with van der Waals surface area (Å²) in [6, 6.07) is 10.1. The number of amides is 1. The van der Waals surface area contributed by atoms with E-state index in [1.807, 2.05) is 19.1 Å². The third kappa shape index (κ3) is 4.43. The molecule has 0 N–H and O–H groups in total. The zero-order chi connectivity index (χ0) is 22.0. The van der Waals surface area contributed by atoms with Gasteiger partial charge in [-0.25, -0.2) is 13.4 Å². The second-order valence-corrected chi connectivity index (χ2v) is 9.30. The van der Waals surface area contributed by atoms with Gasteiger partial charge in [0.25, 0.3) is 5.91 Å². The fourth-order valence-corrected chi connectivity index (χ4v) is 4.38. The molecule has 0 spiro atoms. The van der Waals surface area contributed by atoms with Crippen LogP contribution in [-0.2, 0) is 16.3 Å². The molecule has 31 heavy (non-hydrogen) atoms. The topological polar surface area (TPSA) is 110 Å². The molecule has 0 unspecified atom stereocenters. The highest BCUT2D eigenvalue weighted by atomic mass is 32.2. The van der Waals surface area contributed by atoms with E-state index in [1.165, 1.54) is 6.07 Å². The Bertz CT molecular complexity index is 1180. The number of rotatable bonds is 5. The summed E-state index contributed by atoms with van der Waals surface area (Å²) in [5, 5.41) is 3.96. The molecule has 0 atom stereocenters. The molecule has 1 aromatic carbocycles. The van der Waals surface area contributed by atoms with Crippen molar-refractivity contribution in [3.8, 4) is 11.4 Å². The third-order valence-corrected chi connectivity index (χ3v) is 6.34. The molecule has 3 heterocycles. The van der Waals surface area contributed by atoms with Crippen LogP contribution in [0.3, 0.4) is 0 Å². The Morgan fingerprint density at radius 1 is 1.10 bits per heavy atom. The van der Waals surface area contributed by atoms with Crippen LogP contribution in [0.25, 0.3) is 11.4 Å². The van der Waals surface area contributed by atoms with E-state index in [1.54, 1.807) is 29.3 Å². The Kier molecular flexibility index (Phi) is 5.73. The Hall–Kier alpha value is -3.27. The molecule has 1 aliphatic heterocycles. The molecule has 1 saturated heterocycles. The molecule has 1 fully saturated rings. The first kappa shape index (κ1) is 21.0. The van der Waals surface area contributed by atoms with Crippen LogP contribution in [0.5, 0.6) is 0 Å². The van der Waals surface area contributed by atoms with E-state index >= 15 is 0 Å². The molecular formula is C21H23N5O4S. The van der Waals surface area contributed by atoms with E-state index in [4.69, 9.17) is 4.52 Å². The Morgan fingerprint density at radius 2 is 1.84 bits per heavy atom. The van der Waals surface area contributed by atoms with Gasteiger partial charge in [0.2, 0.25) is 11.7 Å². The summed E-state index contributed by atoms with van der Waals surface area (Å²) in [5.74, 6) is 1.62. The van der Waals surface area contributed by atoms with Crippen molar-refractivity contribution in [1.82, 2.24) is 20.0 Å². The van der Waals surface area contributed by atoms with Crippen LogP contribution in [0, 0.1) is 0 Å².